The number of anilines is 1. The molecule has 1 fully saturated rings. The molecule has 1 aromatic rings. The molecule has 0 N–H and O–H groups in total. The molecule has 0 saturated carbocycles. The van der Waals surface area contributed by atoms with Gasteiger partial charge in [0.2, 0.25) is 5.95 Å². The van der Waals surface area contributed by atoms with Crippen LogP contribution in [0.1, 0.15) is 0 Å². The van der Waals surface area contributed by atoms with Crippen molar-refractivity contribution in [2.75, 3.05) is 30.5 Å². The van der Waals surface area contributed by atoms with Gasteiger partial charge in [-0.25, -0.2) is 9.97 Å². The van der Waals surface area contributed by atoms with Crippen molar-refractivity contribution in [2.45, 2.75) is 6.10 Å². The van der Waals surface area contributed by atoms with Crippen molar-refractivity contribution in [1.29, 1.82) is 0 Å². The van der Waals surface area contributed by atoms with Gasteiger partial charge in [-0.05, 0) is 6.07 Å². The number of hydrogen-bond donors (Lipinski definition) is 0. The van der Waals surface area contributed by atoms with Gasteiger partial charge in [0, 0.05) is 25.5 Å². The van der Waals surface area contributed by atoms with Crippen LogP contribution >= 0.6 is 11.6 Å². The first-order valence-corrected chi connectivity index (χ1v) is 5.13. The van der Waals surface area contributed by atoms with E-state index in [2.05, 4.69) is 14.9 Å². The first kappa shape index (κ1) is 9.68. The Morgan fingerprint density at radius 3 is 3.00 bits per heavy atom. The monoisotopic (exact) mass is 213 g/mol. The maximum absolute atomic E-state index is 5.74. The van der Waals surface area contributed by atoms with E-state index in [0.29, 0.717) is 12.5 Å². The van der Waals surface area contributed by atoms with Gasteiger partial charge in [-0.1, -0.05) is 0 Å². The van der Waals surface area contributed by atoms with Crippen molar-refractivity contribution >= 4 is 17.5 Å². The Balaban J connectivity index is 2.04. The summed E-state index contributed by atoms with van der Waals surface area (Å²) in [5.41, 5.74) is 0. The summed E-state index contributed by atoms with van der Waals surface area (Å²) in [6, 6.07) is 1.81. The van der Waals surface area contributed by atoms with Gasteiger partial charge in [-0.3, -0.25) is 0 Å². The van der Waals surface area contributed by atoms with Crippen molar-refractivity contribution in [2.24, 2.45) is 0 Å². The summed E-state index contributed by atoms with van der Waals surface area (Å²) < 4.78 is 5.45. The lowest BCUT2D eigenvalue weighted by molar-refractivity contribution is 0.0548. The molecule has 1 aliphatic heterocycles. The number of alkyl halides is 1. The minimum Gasteiger partial charge on any atom is -0.373 e. The van der Waals surface area contributed by atoms with Gasteiger partial charge in [0.05, 0.1) is 18.6 Å². The summed E-state index contributed by atoms with van der Waals surface area (Å²) in [7, 11) is 0. The predicted molar refractivity (Wildman–Crippen MR) is 54.7 cm³/mol. The van der Waals surface area contributed by atoms with Crippen LogP contribution in [0.4, 0.5) is 5.95 Å². The van der Waals surface area contributed by atoms with E-state index < -0.39 is 0 Å². The van der Waals surface area contributed by atoms with Gasteiger partial charge in [0.15, 0.2) is 0 Å². The molecule has 4 nitrogen and oxygen atoms in total. The Morgan fingerprint density at radius 1 is 1.50 bits per heavy atom. The number of ether oxygens (including phenoxy) is 1. The summed E-state index contributed by atoms with van der Waals surface area (Å²) in [6.45, 7) is 2.29. The molecule has 1 unspecified atom stereocenters. The number of nitrogens with zero attached hydrogens (tertiary/aromatic N) is 3. The average molecular weight is 214 g/mol. The van der Waals surface area contributed by atoms with Crippen LogP contribution in [0.5, 0.6) is 0 Å². The van der Waals surface area contributed by atoms with Gasteiger partial charge >= 0.3 is 0 Å². The predicted octanol–water partition coefficient (Wildman–Crippen LogP) is 0.921. The van der Waals surface area contributed by atoms with Crippen LogP contribution in [0.3, 0.4) is 0 Å². The molecule has 0 bridgehead atoms. The van der Waals surface area contributed by atoms with Crippen LogP contribution in [-0.4, -0.2) is 41.6 Å². The molecular formula is C9H12ClN3O. The SMILES string of the molecule is ClCC1CN(c2ncccn2)CCO1. The molecule has 76 valence electrons. The molecule has 5 heteroatoms. The smallest absolute Gasteiger partial charge is 0.225 e. The highest BCUT2D eigenvalue weighted by Crippen LogP contribution is 2.12. The van der Waals surface area contributed by atoms with E-state index in [1.165, 1.54) is 0 Å². The molecule has 2 rings (SSSR count). The van der Waals surface area contributed by atoms with Crippen molar-refractivity contribution in [3.8, 4) is 0 Å². The summed E-state index contributed by atoms with van der Waals surface area (Å²) >= 11 is 5.74. The fourth-order valence-electron chi connectivity index (χ4n) is 1.45. The molecule has 1 atom stereocenters. The van der Waals surface area contributed by atoms with Gasteiger partial charge in [-0.2, -0.15) is 0 Å². The van der Waals surface area contributed by atoms with Crippen molar-refractivity contribution in [1.82, 2.24) is 9.97 Å². The Bertz CT molecular complexity index is 283. The molecule has 1 aliphatic rings. The fraction of sp³-hybridized carbons (Fsp3) is 0.556. The normalized spacial score (nSPS) is 22.4. The molecule has 0 spiro atoms. The van der Waals surface area contributed by atoms with Crippen LogP contribution in [0.2, 0.25) is 0 Å². The van der Waals surface area contributed by atoms with Crippen LogP contribution in [0.25, 0.3) is 0 Å². The maximum Gasteiger partial charge on any atom is 0.225 e. The zero-order valence-corrected chi connectivity index (χ0v) is 8.52. The molecule has 1 saturated heterocycles. The molecule has 0 amide bonds. The topological polar surface area (TPSA) is 38.2 Å². The number of aromatic nitrogens is 2. The van der Waals surface area contributed by atoms with Crippen LogP contribution < -0.4 is 4.90 Å². The van der Waals surface area contributed by atoms with E-state index in [0.717, 1.165) is 19.0 Å². The largest absolute Gasteiger partial charge is 0.373 e. The quantitative estimate of drug-likeness (QED) is 0.685. The average Bonchev–Trinajstić information content (AvgIpc) is 2.30. The van der Waals surface area contributed by atoms with E-state index >= 15 is 0 Å². The fourth-order valence-corrected chi connectivity index (χ4v) is 1.64. The highest BCUT2D eigenvalue weighted by Gasteiger charge is 2.20. The Hall–Kier alpha value is -0.870. The van der Waals surface area contributed by atoms with E-state index in [1.54, 1.807) is 12.4 Å². The van der Waals surface area contributed by atoms with E-state index in [1.807, 2.05) is 6.07 Å². The standard InChI is InChI=1S/C9H12ClN3O/c10-6-8-7-13(4-5-14-8)9-11-2-1-3-12-9/h1-3,8H,4-7H2. The summed E-state index contributed by atoms with van der Waals surface area (Å²) in [5, 5.41) is 0. The second-order valence-corrected chi connectivity index (χ2v) is 3.45. The van der Waals surface area contributed by atoms with Gasteiger partial charge in [0.25, 0.3) is 0 Å². The third-order valence-corrected chi connectivity index (χ3v) is 2.49. The van der Waals surface area contributed by atoms with E-state index in [4.69, 9.17) is 16.3 Å². The number of halogens is 1. The zero-order valence-electron chi connectivity index (χ0n) is 7.77. The Labute approximate surface area is 87.9 Å². The highest BCUT2D eigenvalue weighted by molar-refractivity contribution is 6.18. The van der Waals surface area contributed by atoms with E-state index in [-0.39, 0.29) is 6.10 Å². The Kier molecular flexibility index (Phi) is 3.16. The molecule has 1 aromatic heterocycles. The summed E-state index contributed by atoms with van der Waals surface area (Å²) in [6.07, 6.45) is 3.58. The Morgan fingerprint density at radius 2 is 2.29 bits per heavy atom. The third-order valence-electron chi connectivity index (χ3n) is 2.15. The number of morpholine rings is 1. The molecular weight excluding hydrogens is 202 g/mol. The van der Waals surface area contributed by atoms with Gasteiger partial charge in [-0.15, -0.1) is 11.6 Å². The lowest BCUT2D eigenvalue weighted by atomic mass is 10.3. The molecule has 2 heterocycles. The second-order valence-electron chi connectivity index (χ2n) is 3.14. The van der Waals surface area contributed by atoms with Gasteiger partial charge in [0.1, 0.15) is 0 Å². The van der Waals surface area contributed by atoms with Crippen LogP contribution in [0.15, 0.2) is 18.5 Å². The van der Waals surface area contributed by atoms with Crippen molar-refractivity contribution in [3.63, 3.8) is 0 Å². The van der Waals surface area contributed by atoms with E-state index in [9.17, 15) is 0 Å². The number of rotatable bonds is 2. The third kappa shape index (κ3) is 2.13. The minimum atomic E-state index is 0.0919. The number of hydrogen-bond acceptors (Lipinski definition) is 4. The first-order chi connectivity index (χ1) is 6.90. The molecule has 0 radical (unpaired) electrons. The second kappa shape index (κ2) is 4.57. The van der Waals surface area contributed by atoms with Crippen LogP contribution in [-0.2, 0) is 4.74 Å². The zero-order chi connectivity index (χ0) is 9.80. The van der Waals surface area contributed by atoms with Crippen LogP contribution in [0, 0.1) is 0 Å². The minimum absolute atomic E-state index is 0.0919. The molecule has 0 aromatic carbocycles. The van der Waals surface area contributed by atoms with Crippen molar-refractivity contribution in [3.05, 3.63) is 18.5 Å². The first-order valence-electron chi connectivity index (χ1n) is 4.59. The van der Waals surface area contributed by atoms with Gasteiger partial charge < -0.3 is 9.64 Å². The summed E-state index contributed by atoms with van der Waals surface area (Å²) in [5.74, 6) is 1.27. The highest BCUT2D eigenvalue weighted by atomic mass is 35.5. The lowest BCUT2D eigenvalue weighted by Gasteiger charge is -2.31. The maximum atomic E-state index is 5.74. The molecule has 14 heavy (non-hydrogen) atoms. The summed E-state index contributed by atoms with van der Waals surface area (Å²) in [4.78, 5) is 10.5. The molecule has 0 aliphatic carbocycles. The van der Waals surface area contributed by atoms with Crippen molar-refractivity contribution < 1.29 is 4.74 Å². The lowest BCUT2D eigenvalue weighted by Crippen LogP contribution is -2.44.